The molecule has 43 heavy (non-hydrogen) atoms. The van der Waals surface area contributed by atoms with E-state index in [9.17, 15) is 14.0 Å². The van der Waals surface area contributed by atoms with E-state index in [1.54, 1.807) is 18.5 Å². The summed E-state index contributed by atoms with van der Waals surface area (Å²) in [6.07, 6.45) is 12.3. The summed E-state index contributed by atoms with van der Waals surface area (Å²) in [6, 6.07) is 5.47. The third-order valence-corrected chi connectivity index (χ3v) is 7.91. The van der Waals surface area contributed by atoms with Gasteiger partial charge in [0.15, 0.2) is 22.9 Å². The van der Waals surface area contributed by atoms with Crippen LogP contribution in [0.1, 0.15) is 35.2 Å². The van der Waals surface area contributed by atoms with Crippen molar-refractivity contribution in [2.45, 2.75) is 38.8 Å². The van der Waals surface area contributed by atoms with Crippen LogP contribution in [0.4, 0.5) is 15.9 Å². The van der Waals surface area contributed by atoms with Gasteiger partial charge >= 0.3 is 0 Å². The predicted octanol–water partition coefficient (Wildman–Crippen LogP) is 3.73. The largest absolute Gasteiger partial charge is 0.494 e. The van der Waals surface area contributed by atoms with Gasteiger partial charge in [0.05, 0.1) is 13.2 Å². The highest BCUT2D eigenvalue weighted by Crippen LogP contribution is 2.22. The number of ether oxygens (including phenoxy) is 1. The third kappa shape index (κ3) is 6.94. The van der Waals surface area contributed by atoms with Gasteiger partial charge < -0.3 is 29.7 Å². The Morgan fingerprint density at radius 3 is 2.74 bits per heavy atom. The molecule has 2 fully saturated rings. The van der Waals surface area contributed by atoms with Gasteiger partial charge in [0.2, 0.25) is 5.91 Å². The molecule has 1 aromatic heterocycles. The number of aromatic nitrogens is 2. The Morgan fingerprint density at radius 1 is 1.26 bits per heavy atom. The monoisotopic (exact) mass is 587 g/mol. The number of anilines is 2. The molecule has 0 radical (unpaired) electrons. The van der Waals surface area contributed by atoms with Crippen LogP contribution in [0.3, 0.4) is 0 Å². The molecule has 10 nitrogen and oxygen atoms in total. The molecule has 1 aromatic carbocycles. The van der Waals surface area contributed by atoms with Crippen LogP contribution in [-0.2, 0) is 16.1 Å². The van der Waals surface area contributed by atoms with Crippen LogP contribution in [0.15, 0.2) is 83.8 Å². The maximum absolute atomic E-state index is 14.5. The Kier molecular flexibility index (Phi) is 9.51. The number of allylic oxidation sites excluding steroid dienone is 5. The highest BCUT2D eigenvalue weighted by Gasteiger charge is 2.31. The number of carbonyl (C=O) groups is 2. The van der Waals surface area contributed by atoms with Gasteiger partial charge in [-0.25, -0.2) is 14.4 Å². The van der Waals surface area contributed by atoms with Crippen molar-refractivity contribution in [1.29, 1.82) is 0 Å². The Bertz CT molecular complexity index is 1540. The Labute approximate surface area is 251 Å². The number of amides is 2. The quantitative estimate of drug-likeness (QED) is 0.488. The summed E-state index contributed by atoms with van der Waals surface area (Å²) >= 11 is 0. The summed E-state index contributed by atoms with van der Waals surface area (Å²) in [4.78, 5) is 38.7. The molecule has 3 heterocycles. The van der Waals surface area contributed by atoms with Crippen LogP contribution in [0.25, 0.3) is 0 Å². The number of rotatable bonds is 8. The first-order chi connectivity index (χ1) is 20.9. The molecule has 11 heteroatoms. The van der Waals surface area contributed by atoms with E-state index in [4.69, 9.17) is 4.74 Å². The number of hydrogen-bond acceptors (Lipinski definition) is 7. The topological polar surface area (TPSA) is 104 Å². The molecule has 3 aliphatic rings. The summed E-state index contributed by atoms with van der Waals surface area (Å²) in [5.74, 6) is 0.359. The second-order valence-corrected chi connectivity index (χ2v) is 10.8. The zero-order valence-corrected chi connectivity index (χ0v) is 24.7. The van der Waals surface area contributed by atoms with E-state index < -0.39 is 5.83 Å². The lowest BCUT2D eigenvalue weighted by atomic mass is 10.1. The number of piperazine rings is 1. The van der Waals surface area contributed by atoms with Crippen molar-refractivity contribution in [3.63, 3.8) is 0 Å². The second kappa shape index (κ2) is 13.6. The fourth-order valence-electron chi connectivity index (χ4n) is 5.63. The number of aryl methyl sites for hydroxylation is 1. The van der Waals surface area contributed by atoms with E-state index in [0.29, 0.717) is 56.0 Å². The van der Waals surface area contributed by atoms with E-state index in [-0.39, 0.29) is 23.6 Å². The molecule has 1 aliphatic carbocycles. The average Bonchev–Trinajstić information content (AvgIpc) is 3.49. The van der Waals surface area contributed by atoms with E-state index in [0.717, 1.165) is 36.2 Å². The van der Waals surface area contributed by atoms with Crippen molar-refractivity contribution in [1.82, 2.24) is 24.7 Å². The van der Waals surface area contributed by atoms with Crippen molar-refractivity contribution in [2.24, 2.45) is 4.99 Å². The Balaban J connectivity index is 1.28. The normalized spacial score (nSPS) is 19.3. The van der Waals surface area contributed by atoms with Crippen molar-refractivity contribution in [3.05, 3.63) is 95.4 Å². The molecule has 2 amide bonds. The summed E-state index contributed by atoms with van der Waals surface area (Å²) < 4.78 is 21.5. The van der Waals surface area contributed by atoms with Crippen LogP contribution in [-0.4, -0.2) is 77.0 Å². The van der Waals surface area contributed by atoms with Crippen LogP contribution < -0.4 is 16.1 Å². The van der Waals surface area contributed by atoms with Crippen LogP contribution in [0.5, 0.6) is 0 Å². The number of benzene rings is 1. The minimum atomic E-state index is -0.427. The van der Waals surface area contributed by atoms with E-state index >= 15 is 0 Å². The number of nitrogens with one attached hydrogen (secondary N) is 2. The van der Waals surface area contributed by atoms with Crippen molar-refractivity contribution in [3.8, 4) is 0 Å². The van der Waals surface area contributed by atoms with Gasteiger partial charge in [0.25, 0.3) is 5.91 Å². The van der Waals surface area contributed by atoms with Gasteiger partial charge in [-0.3, -0.25) is 9.59 Å². The molecule has 0 spiro atoms. The molecule has 0 saturated carbocycles. The molecule has 2 aliphatic heterocycles. The van der Waals surface area contributed by atoms with E-state index in [1.165, 1.54) is 19.4 Å². The number of nitrogens with zero attached hydrogens (tertiary/aromatic N) is 5. The SMILES string of the molecule is C=CN=c1c(Nc2ccc(C(=O)N3CCN(C(=O)[C@@H]4CCCN4)CC3)c(C)c2)nccn1CC1=CC(F)=C(OC)C=CC1. The summed E-state index contributed by atoms with van der Waals surface area (Å²) in [5.41, 5.74) is 3.55. The summed E-state index contributed by atoms with van der Waals surface area (Å²) in [5, 5.41) is 6.58. The summed E-state index contributed by atoms with van der Waals surface area (Å²) in [7, 11) is 1.44. The lowest BCUT2D eigenvalue weighted by Crippen LogP contribution is -2.54. The first-order valence-electron chi connectivity index (χ1n) is 14.6. The van der Waals surface area contributed by atoms with Crippen LogP contribution >= 0.6 is 0 Å². The standard InChI is InChI=1S/C32H38FN7O3/c1-4-34-30-29(36-13-14-40(30)21-23-7-5-9-28(43-3)26(33)20-23)37-24-10-11-25(22(2)19-24)31(41)38-15-17-39(18-16-38)32(42)27-8-6-12-35-27/h4-5,9-11,13-14,19-20,27,35H,1,6-8,12,15-18,21H2,2-3H3,(H,36,37)/t27-/m0/s1. The Hall–Kier alpha value is -4.51. The lowest BCUT2D eigenvalue weighted by molar-refractivity contribution is -0.134. The molecule has 5 rings (SSSR count). The average molecular weight is 588 g/mol. The van der Waals surface area contributed by atoms with Gasteiger partial charge in [0.1, 0.15) is 0 Å². The second-order valence-electron chi connectivity index (χ2n) is 10.8. The van der Waals surface area contributed by atoms with Crippen molar-refractivity contribution in [2.75, 3.05) is 45.2 Å². The molecular weight excluding hydrogens is 549 g/mol. The lowest BCUT2D eigenvalue weighted by Gasteiger charge is -2.36. The van der Waals surface area contributed by atoms with Crippen molar-refractivity contribution < 1.29 is 18.7 Å². The smallest absolute Gasteiger partial charge is 0.254 e. The highest BCUT2D eigenvalue weighted by atomic mass is 19.1. The number of halogens is 1. The molecule has 0 unspecified atom stereocenters. The van der Waals surface area contributed by atoms with Gasteiger partial charge in [0, 0.05) is 62.6 Å². The molecule has 2 N–H and O–H groups in total. The molecule has 0 bridgehead atoms. The van der Waals surface area contributed by atoms with Crippen LogP contribution in [0, 0.1) is 6.92 Å². The fraction of sp³-hybridized carbons (Fsp3) is 0.375. The van der Waals surface area contributed by atoms with Gasteiger partial charge in [-0.1, -0.05) is 12.7 Å². The fourth-order valence-corrected chi connectivity index (χ4v) is 5.63. The first-order valence-corrected chi connectivity index (χ1v) is 14.6. The zero-order chi connectivity index (χ0) is 30.3. The van der Waals surface area contributed by atoms with Gasteiger partial charge in [-0.15, -0.1) is 0 Å². The van der Waals surface area contributed by atoms with Gasteiger partial charge in [-0.05, 0) is 74.2 Å². The Morgan fingerprint density at radius 2 is 2.05 bits per heavy atom. The first kappa shape index (κ1) is 30.0. The number of methoxy groups -OCH3 is 1. The molecule has 2 aromatic rings. The van der Waals surface area contributed by atoms with E-state index in [2.05, 4.69) is 27.2 Å². The number of hydrogen-bond donors (Lipinski definition) is 2. The third-order valence-electron chi connectivity index (χ3n) is 7.91. The number of carbonyl (C=O) groups excluding carboxylic acids is 2. The van der Waals surface area contributed by atoms with Crippen molar-refractivity contribution >= 4 is 23.3 Å². The molecule has 2 saturated heterocycles. The molecule has 226 valence electrons. The minimum Gasteiger partial charge on any atom is -0.494 e. The predicted molar refractivity (Wildman–Crippen MR) is 163 cm³/mol. The molecular formula is C32H38FN7O3. The maximum Gasteiger partial charge on any atom is 0.254 e. The molecule has 1 atom stereocenters. The van der Waals surface area contributed by atoms with E-state index in [1.807, 2.05) is 45.6 Å². The minimum absolute atomic E-state index is 0.0446. The van der Waals surface area contributed by atoms with Gasteiger partial charge in [-0.2, -0.15) is 0 Å². The van der Waals surface area contributed by atoms with Crippen LogP contribution in [0.2, 0.25) is 0 Å². The maximum atomic E-state index is 14.5. The highest BCUT2D eigenvalue weighted by molar-refractivity contribution is 5.96. The zero-order valence-electron chi connectivity index (χ0n) is 24.7. The summed E-state index contributed by atoms with van der Waals surface area (Å²) in [6.45, 7) is 9.03.